The fourth-order valence-corrected chi connectivity index (χ4v) is 3.84. The van der Waals surface area contributed by atoms with Crippen LogP contribution >= 0.6 is 0 Å². The number of β-amino-alcohol motifs (C(OH)–C–C–N with tert-alkyl or cyclic N) is 1. The molecule has 3 nitrogen and oxygen atoms in total. The van der Waals surface area contributed by atoms with E-state index in [0.29, 0.717) is 12.5 Å². The standard InChI is InChI=1S/C18H19NO2/c20-16(12-5-1-2-6-12)11-19-15-10-4-8-13-7-3-9-14(17(13)15)18(19)21/h3-4,7-10,12,16,20H,1-2,5-6,11H2. The van der Waals surface area contributed by atoms with E-state index in [9.17, 15) is 9.90 Å². The maximum absolute atomic E-state index is 12.6. The number of nitrogens with zero attached hydrogens (tertiary/aromatic N) is 1. The van der Waals surface area contributed by atoms with Gasteiger partial charge in [0.05, 0.1) is 18.3 Å². The van der Waals surface area contributed by atoms with Gasteiger partial charge in [-0.05, 0) is 36.3 Å². The molecule has 0 spiro atoms. The fraction of sp³-hybridized carbons (Fsp3) is 0.389. The van der Waals surface area contributed by atoms with Crippen molar-refractivity contribution in [1.82, 2.24) is 0 Å². The van der Waals surface area contributed by atoms with Crippen molar-refractivity contribution < 1.29 is 9.90 Å². The maximum Gasteiger partial charge on any atom is 0.259 e. The SMILES string of the molecule is O=C1c2cccc3cccc(c23)N1CC(O)C1CCCC1. The highest BCUT2D eigenvalue weighted by molar-refractivity contribution is 6.25. The number of anilines is 1. The highest BCUT2D eigenvalue weighted by Crippen LogP contribution is 2.38. The molecule has 1 amide bonds. The van der Waals surface area contributed by atoms with Crippen molar-refractivity contribution in [3.63, 3.8) is 0 Å². The molecule has 1 aliphatic carbocycles. The maximum atomic E-state index is 12.6. The third-order valence-electron chi connectivity index (χ3n) is 4.96. The van der Waals surface area contributed by atoms with Crippen LogP contribution in [0.2, 0.25) is 0 Å². The van der Waals surface area contributed by atoms with Crippen LogP contribution in [0, 0.1) is 5.92 Å². The van der Waals surface area contributed by atoms with Crippen LogP contribution in [0.4, 0.5) is 5.69 Å². The Labute approximate surface area is 124 Å². The van der Waals surface area contributed by atoms with Gasteiger partial charge in [-0.15, -0.1) is 0 Å². The van der Waals surface area contributed by atoms with E-state index >= 15 is 0 Å². The Bertz CT molecular complexity index is 698. The Morgan fingerprint density at radius 1 is 1.14 bits per heavy atom. The molecule has 1 saturated carbocycles. The third kappa shape index (κ3) is 1.95. The topological polar surface area (TPSA) is 40.5 Å². The van der Waals surface area contributed by atoms with E-state index in [0.717, 1.165) is 34.9 Å². The zero-order valence-corrected chi connectivity index (χ0v) is 12.0. The first kappa shape index (κ1) is 12.8. The highest BCUT2D eigenvalue weighted by atomic mass is 16.3. The van der Waals surface area contributed by atoms with Crippen LogP contribution in [0.5, 0.6) is 0 Å². The van der Waals surface area contributed by atoms with Gasteiger partial charge in [0.1, 0.15) is 0 Å². The molecule has 1 unspecified atom stereocenters. The molecule has 2 aliphatic rings. The number of hydrogen-bond acceptors (Lipinski definition) is 2. The van der Waals surface area contributed by atoms with Gasteiger partial charge < -0.3 is 10.0 Å². The second kappa shape index (κ2) is 4.85. The predicted octanol–water partition coefficient (Wildman–Crippen LogP) is 3.35. The van der Waals surface area contributed by atoms with Crippen molar-refractivity contribution >= 4 is 22.4 Å². The molecule has 21 heavy (non-hydrogen) atoms. The Balaban J connectivity index is 1.69. The molecule has 1 aliphatic heterocycles. The lowest BCUT2D eigenvalue weighted by Crippen LogP contribution is -2.37. The lowest BCUT2D eigenvalue weighted by Gasteiger charge is -2.25. The molecule has 1 atom stereocenters. The van der Waals surface area contributed by atoms with Gasteiger partial charge in [-0.25, -0.2) is 0 Å². The summed E-state index contributed by atoms with van der Waals surface area (Å²) in [4.78, 5) is 14.4. The Morgan fingerprint density at radius 2 is 1.86 bits per heavy atom. The Morgan fingerprint density at radius 3 is 2.62 bits per heavy atom. The van der Waals surface area contributed by atoms with Crippen molar-refractivity contribution in [2.24, 2.45) is 5.92 Å². The summed E-state index contributed by atoms with van der Waals surface area (Å²) in [6.45, 7) is 0.414. The monoisotopic (exact) mass is 281 g/mol. The number of carbonyl (C=O) groups excluding carboxylic acids is 1. The minimum Gasteiger partial charge on any atom is -0.391 e. The lowest BCUT2D eigenvalue weighted by molar-refractivity contribution is 0.0913. The van der Waals surface area contributed by atoms with Gasteiger partial charge in [0.15, 0.2) is 0 Å². The largest absolute Gasteiger partial charge is 0.391 e. The number of aliphatic hydroxyl groups excluding tert-OH is 1. The van der Waals surface area contributed by atoms with Crippen LogP contribution in [-0.2, 0) is 0 Å². The van der Waals surface area contributed by atoms with Gasteiger partial charge in [-0.1, -0.05) is 37.1 Å². The summed E-state index contributed by atoms with van der Waals surface area (Å²) in [5.41, 5.74) is 1.71. The average Bonchev–Trinajstić information content (AvgIpc) is 3.12. The molecule has 1 heterocycles. The minimum absolute atomic E-state index is 0.0267. The summed E-state index contributed by atoms with van der Waals surface area (Å²) in [6, 6.07) is 11.8. The van der Waals surface area contributed by atoms with Crippen LogP contribution in [0.1, 0.15) is 36.0 Å². The van der Waals surface area contributed by atoms with E-state index in [2.05, 4.69) is 0 Å². The summed E-state index contributed by atoms with van der Waals surface area (Å²) >= 11 is 0. The number of hydrogen-bond donors (Lipinski definition) is 1. The first-order valence-electron chi connectivity index (χ1n) is 7.77. The van der Waals surface area contributed by atoms with Crippen molar-refractivity contribution in [3.8, 4) is 0 Å². The molecule has 0 aromatic heterocycles. The molecule has 1 fully saturated rings. The predicted molar refractivity (Wildman–Crippen MR) is 83.6 cm³/mol. The summed E-state index contributed by atoms with van der Waals surface area (Å²) in [5, 5.41) is 12.6. The molecule has 1 N–H and O–H groups in total. The smallest absolute Gasteiger partial charge is 0.259 e. The van der Waals surface area contributed by atoms with Gasteiger partial charge in [0.2, 0.25) is 0 Å². The summed E-state index contributed by atoms with van der Waals surface area (Å²) < 4.78 is 0. The van der Waals surface area contributed by atoms with E-state index < -0.39 is 6.10 Å². The molecule has 0 radical (unpaired) electrons. The minimum atomic E-state index is -0.416. The molecule has 2 aromatic carbocycles. The second-order valence-electron chi connectivity index (χ2n) is 6.21. The highest BCUT2D eigenvalue weighted by Gasteiger charge is 2.33. The number of amides is 1. The molecule has 0 bridgehead atoms. The molecular weight excluding hydrogens is 262 g/mol. The number of carbonyl (C=O) groups is 1. The van der Waals surface area contributed by atoms with Crippen molar-refractivity contribution in [1.29, 1.82) is 0 Å². The first-order valence-corrected chi connectivity index (χ1v) is 7.77. The molecule has 2 aromatic rings. The van der Waals surface area contributed by atoms with Gasteiger partial charge in [0, 0.05) is 10.9 Å². The number of benzene rings is 2. The van der Waals surface area contributed by atoms with Crippen LogP contribution in [0.25, 0.3) is 10.8 Å². The number of aliphatic hydroxyl groups is 1. The van der Waals surface area contributed by atoms with E-state index in [1.165, 1.54) is 12.8 Å². The van der Waals surface area contributed by atoms with Crippen LogP contribution in [0.15, 0.2) is 36.4 Å². The quantitative estimate of drug-likeness (QED) is 0.937. The number of rotatable bonds is 3. The molecular formula is C18H19NO2. The average molecular weight is 281 g/mol. The first-order chi connectivity index (χ1) is 10.3. The zero-order chi connectivity index (χ0) is 14.4. The van der Waals surface area contributed by atoms with Gasteiger partial charge in [0.25, 0.3) is 5.91 Å². The van der Waals surface area contributed by atoms with Crippen LogP contribution in [0.3, 0.4) is 0 Å². The van der Waals surface area contributed by atoms with Crippen molar-refractivity contribution in [2.45, 2.75) is 31.8 Å². The van der Waals surface area contributed by atoms with Crippen LogP contribution in [-0.4, -0.2) is 23.7 Å². The molecule has 0 saturated heterocycles. The Hall–Kier alpha value is -1.87. The van der Waals surface area contributed by atoms with Crippen molar-refractivity contribution in [2.75, 3.05) is 11.4 Å². The van der Waals surface area contributed by atoms with Crippen molar-refractivity contribution in [3.05, 3.63) is 42.0 Å². The molecule has 4 rings (SSSR count). The van der Waals surface area contributed by atoms with Gasteiger partial charge >= 0.3 is 0 Å². The normalized spacial score (nSPS) is 19.7. The third-order valence-corrected chi connectivity index (χ3v) is 4.96. The summed E-state index contributed by atoms with van der Waals surface area (Å²) in [7, 11) is 0. The molecule has 3 heteroatoms. The summed E-state index contributed by atoms with van der Waals surface area (Å²) in [6.07, 6.45) is 4.15. The zero-order valence-electron chi connectivity index (χ0n) is 12.0. The van der Waals surface area contributed by atoms with E-state index in [1.807, 2.05) is 36.4 Å². The van der Waals surface area contributed by atoms with Crippen LogP contribution < -0.4 is 4.90 Å². The molecule has 108 valence electrons. The Kier molecular flexibility index (Phi) is 2.96. The van der Waals surface area contributed by atoms with E-state index in [1.54, 1.807) is 4.90 Å². The van der Waals surface area contributed by atoms with E-state index in [4.69, 9.17) is 0 Å². The fourth-order valence-electron chi connectivity index (χ4n) is 3.84. The van der Waals surface area contributed by atoms with Gasteiger partial charge in [-0.3, -0.25) is 4.79 Å². The van der Waals surface area contributed by atoms with E-state index in [-0.39, 0.29) is 5.91 Å². The summed E-state index contributed by atoms with van der Waals surface area (Å²) in [5.74, 6) is 0.375. The van der Waals surface area contributed by atoms with Gasteiger partial charge in [-0.2, -0.15) is 0 Å². The second-order valence-corrected chi connectivity index (χ2v) is 6.21. The lowest BCUT2D eigenvalue weighted by atomic mass is 10.0.